The molecular weight excluding hydrogens is 254 g/mol. The summed E-state index contributed by atoms with van der Waals surface area (Å²) in [6, 6.07) is 9.25. The fourth-order valence-electron chi connectivity index (χ4n) is 2.43. The lowest BCUT2D eigenvalue weighted by molar-refractivity contribution is -0.121. The number of hydrogen-bond donors (Lipinski definition) is 1. The van der Waals surface area contributed by atoms with Gasteiger partial charge >= 0.3 is 0 Å². The molecule has 5 nitrogen and oxygen atoms in total. The van der Waals surface area contributed by atoms with Crippen molar-refractivity contribution in [3.8, 4) is 0 Å². The van der Waals surface area contributed by atoms with Gasteiger partial charge in [-0.1, -0.05) is 18.2 Å². The second-order valence-corrected chi connectivity index (χ2v) is 4.81. The first-order valence-corrected chi connectivity index (χ1v) is 6.65. The number of benzene rings is 1. The van der Waals surface area contributed by atoms with Crippen LogP contribution in [-0.2, 0) is 4.79 Å². The number of fused-ring (bicyclic) bond motifs is 1. The lowest BCUT2D eigenvalue weighted by Crippen LogP contribution is -2.37. The maximum absolute atomic E-state index is 12.6. The molecule has 2 heterocycles. The number of hydrogen-bond acceptors (Lipinski definition) is 3. The van der Waals surface area contributed by atoms with Gasteiger partial charge in [-0.2, -0.15) is 0 Å². The number of amides is 2. The molecule has 0 radical (unpaired) electrons. The first kappa shape index (κ1) is 12.6. The van der Waals surface area contributed by atoms with Gasteiger partial charge < -0.3 is 10.2 Å². The summed E-state index contributed by atoms with van der Waals surface area (Å²) in [6.45, 7) is 1.34. The lowest BCUT2D eigenvalue weighted by Gasteiger charge is -2.19. The van der Waals surface area contributed by atoms with E-state index in [1.807, 2.05) is 24.3 Å². The minimum atomic E-state index is -0.111. The largest absolute Gasteiger partial charge is 0.354 e. The van der Waals surface area contributed by atoms with Crippen molar-refractivity contribution in [3.05, 3.63) is 42.1 Å². The van der Waals surface area contributed by atoms with Crippen molar-refractivity contribution in [1.82, 2.24) is 15.2 Å². The number of carbonyl (C=O) groups is 2. The van der Waals surface area contributed by atoms with Gasteiger partial charge in [-0.25, -0.2) is 0 Å². The zero-order chi connectivity index (χ0) is 13.9. The van der Waals surface area contributed by atoms with E-state index >= 15 is 0 Å². The van der Waals surface area contributed by atoms with Crippen molar-refractivity contribution in [2.45, 2.75) is 6.42 Å². The summed E-state index contributed by atoms with van der Waals surface area (Å²) < 4.78 is 0. The Morgan fingerprint density at radius 2 is 2.10 bits per heavy atom. The molecule has 1 aliphatic rings. The Kier molecular flexibility index (Phi) is 3.33. The Bertz CT molecular complexity index is 664. The van der Waals surface area contributed by atoms with E-state index in [0.717, 1.165) is 17.3 Å². The third-order valence-electron chi connectivity index (χ3n) is 3.43. The van der Waals surface area contributed by atoms with Crippen molar-refractivity contribution in [1.29, 1.82) is 0 Å². The molecule has 0 spiro atoms. The predicted octanol–water partition coefficient (Wildman–Crippen LogP) is 1.20. The molecule has 0 saturated carbocycles. The summed E-state index contributed by atoms with van der Waals surface area (Å²) in [6.07, 6.45) is 2.41. The van der Waals surface area contributed by atoms with Gasteiger partial charge in [-0.15, -0.1) is 0 Å². The lowest BCUT2D eigenvalue weighted by atomic mass is 10.1. The van der Waals surface area contributed by atoms with Gasteiger partial charge in [-0.3, -0.25) is 14.6 Å². The van der Waals surface area contributed by atoms with E-state index in [0.29, 0.717) is 18.7 Å². The number of nitrogens with one attached hydrogen (secondary N) is 1. The van der Waals surface area contributed by atoms with Crippen molar-refractivity contribution < 1.29 is 9.59 Å². The smallest absolute Gasteiger partial charge is 0.255 e. The maximum Gasteiger partial charge on any atom is 0.255 e. The molecule has 1 aromatic heterocycles. The molecule has 1 saturated heterocycles. The molecule has 3 rings (SSSR count). The van der Waals surface area contributed by atoms with E-state index in [1.54, 1.807) is 17.2 Å². The number of aromatic nitrogens is 1. The quantitative estimate of drug-likeness (QED) is 0.846. The maximum atomic E-state index is 12.6. The van der Waals surface area contributed by atoms with Crippen LogP contribution in [-0.4, -0.2) is 41.3 Å². The molecule has 1 aliphatic heterocycles. The van der Waals surface area contributed by atoms with Crippen LogP contribution in [0.2, 0.25) is 0 Å². The molecule has 20 heavy (non-hydrogen) atoms. The SMILES string of the molecule is O=C1CN(C(=O)c2ccnc3ccccc23)CCCN1. The minimum Gasteiger partial charge on any atom is -0.354 e. The number of rotatable bonds is 1. The van der Waals surface area contributed by atoms with E-state index in [1.165, 1.54) is 0 Å². The monoisotopic (exact) mass is 269 g/mol. The van der Waals surface area contributed by atoms with Crippen LogP contribution in [0, 0.1) is 0 Å². The average Bonchev–Trinajstić information content (AvgIpc) is 2.70. The van der Waals surface area contributed by atoms with E-state index in [-0.39, 0.29) is 18.4 Å². The zero-order valence-corrected chi connectivity index (χ0v) is 11.0. The average molecular weight is 269 g/mol. The summed E-state index contributed by atoms with van der Waals surface area (Å²) in [5.74, 6) is -0.213. The molecule has 2 amide bonds. The number of pyridine rings is 1. The van der Waals surface area contributed by atoms with Crippen LogP contribution < -0.4 is 5.32 Å². The van der Waals surface area contributed by atoms with Crippen molar-refractivity contribution in [3.63, 3.8) is 0 Å². The number of nitrogens with zero attached hydrogens (tertiary/aromatic N) is 2. The Labute approximate surface area is 116 Å². The van der Waals surface area contributed by atoms with Crippen LogP contribution in [0.5, 0.6) is 0 Å². The third kappa shape index (κ3) is 2.34. The summed E-state index contributed by atoms with van der Waals surface area (Å²) in [7, 11) is 0. The fourth-order valence-corrected chi connectivity index (χ4v) is 2.43. The molecule has 1 aromatic carbocycles. The van der Waals surface area contributed by atoms with Crippen LogP contribution >= 0.6 is 0 Å². The molecule has 1 N–H and O–H groups in total. The van der Waals surface area contributed by atoms with Gasteiger partial charge in [-0.05, 0) is 18.6 Å². The minimum absolute atomic E-state index is 0.103. The van der Waals surface area contributed by atoms with Crippen LogP contribution in [0.15, 0.2) is 36.5 Å². The predicted molar refractivity (Wildman–Crippen MR) is 75.3 cm³/mol. The highest BCUT2D eigenvalue weighted by Gasteiger charge is 2.22. The molecule has 1 fully saturated rings. The molecule has 102 valence electrons. The highest BCUT2D eigenvalue weighted by Crippen LogP contribution is 2.18. The first-order chi connectivity index (χ1) is 9.75. The van der Waals surface area contributed by atoms with Crippen LogP contribution in [0.3, 0.4) is 0 Å². The molecule has 0 unspecified atom stereocenters. The second-order valence-electron chi connectivity index (χ2n) is 4.81. The Hall–Kier alpha value is -2.43. The Morgan fingerprint density at radius 1 is 1.25 bits per heavy atom. The number of carbonyl (C=O) groups excluding carboxylic acids is 2. The fraction of sp³-hybridized carbons (Fsp3) is 0.267. The van der Waals surface area contributed by atoms with E-state index in [2.05, 4.69) is 10.3 Å². The van der Waals surface area contributed by atoms with Crippen LogP contribution in [0.4, 0.5) is 0 Å². The first-order valence-electron chi connectivity index (χ1n) is 6.65. The summed E-state index contributed by atoms with van der Waals surface area (Å²) in [5.41, 5.74) is 1.39. The second kappa shape index (κ2) is 5.28. The van der Waals surface area contributed by atoms with E-state index in [4.69, 9.17) is 0 Å². The third-order valence-corrected chi connectivity index (χ3v) is 3.43. The van der Waals surface area contributed by atoms with Crippen LogP contribution in [0.1, 0.15) is 16.8 Å². The summed E-state index contributed by atoms with van der Waals surface area (Å²) in [4.78, 5) is 30.1. The summed E-state index contributed by atoms with van der Waals surface area (Å²) in [5, 5.41) is 3.60. The Balaban J connectivity index is 1.97. The van der Waals surface area contributed by atoms with E-state index < -0.39 is 0 Å². The molecule has 2 aromatic rings. The van der Waals surface area contributed by atoms with Crippen molar-refractivity contribution in [2.24, 2.45) is 0 Å². The topological polar surface area (TPSA) is 62.3 Å². The highest BCUT2D eigenvalue weighted by atomic mass is 16.2. The normalized spacial score (nSPS) is 15.8. The zero-order valence-electron chi connectivity index (χ0n) is 11.0. The van der Waals surface area contributed by atoms with Gasteiger partial charge in [0.1, 0.15) is 0 Å². The highest BCUT2D eigenvalue weighted by molar-refractivity contribution is 6.06. The van der Waals surface area contributed by atoms with Crippen LogP contribution in [0.25, 0.3) is 10.9 Å². The molecule has 5 heteroatoms. The molecule has 0 atom stereocenters. The van der Waals surface area contributed by atoms with Crippen molar-refractivity contribution >= 4 is 22.7 Å². The van der Waals surface area contributed by atoms with Gasteiger partial charge in [0.05, 0.1) is 17.6 Å². The van der Waals surface area contributed by atoms with Gasteiger partial charge in [0.2, 0.25) is 5.91 Å². The van der Waals surface area contributed by atoms with Gasteiger partial charge in [0.25, 0.3) is 5.91 Å². The van der Waals surface area contributed by atoms with E-state index in [9.17, 15) is 9.59 Å². The Morgan fingerprint density at radius 3 is 3.00 bits per heavy atom. The van der Waals surface area contributed by atoms with Gasteiger partial charge in [0, 0.05) is 24.7 Å². The van der Waals surface area contributed by atoms with Crippen molar-refractivity contribution in [2.75, 3.05) is 19.6 Å². The summed E-state index contributed by atoms with van der Waals surface area (Å²) >= 11 is 0. The molecule has 0 bridgehead atoms. The van der Waals surface area contributed by atoms with Gasteiger partial charge in [0.15, 0.2) is 0 Å². The molecule has 0 aliphatic carbocycles. The molecular formula is C15H15N3O2. The number of para-hydroxylation sites is 1. The standard InChI is InChI=1S/C15H15N3O2/c19-14-10-18(9-3-7-17-14)15(20)12-6-8-16-13-5-2-1-4-11(12)13/h1-2,4-6,8H,3,7,9-10H2,(H,17,19).